The van der Waals surface area contributed by atoms with Gasteiger partial charge in [0.25, 0.3) is 0 Å². The van der Waals surface area contributed by atoms with Crippen molar-refractivity contribution in [2.45, 2.75) is 36.6 Å². The van der Waals surface area contributed by atoms with Crippen molar-refractivity contribution in [1.29, 1.82) is 0 Å². The Bertz CT molecular complexity index is 694. The van der Waals surface area contributed by atoms with Crippen LogP contribution in [0.1, 0.15) is 32.4 Å². The maximum atomic E-state index is 11.2. The summed E-state index contributed by atoms with van der Waals surface area (Å²) in [6.07, 6.45) is 0. The van der Waals surface area contributed by atoms with Crippen LogP contribution in [-0.2, 0) is 11.8 Å². The van der Waals surface area contributed by atoms with Gasteiger partial charge in [-0.3, -0.25) is 9.36 Å². The molecular formula is C15H16Cl2N2O2S. The highest BCUT2D eigenvalue weighted by Crippen LogP contribution is 2.38. The SMILES string of the molecule is CC(=O)Oc1nc(C(C)C)c(Sc2cc(Cl)cc(Cl)c2)n1C. The minimum Gasteiger partial charge on any atom is -0.392 e. The van der Waals surface area contributed by atoms with Crippen LogP contribution in [0.3, 0.4) is 0 Å². The molecule has 0 bridgehead atoms. The number of rotatable bonds is 4. The number of hydrogen-bond acceptors (Lipinski definition) is 4. The van der Waals surface area contributed by atoms with Gasteiger partial charge in [0.2, 0.25) is 0 Å². The zero-order valence-corrected chi connectivity index (χ0v) is 15.0. The normalized spacial score (nSPS) is 11.0. The number of carbonyl (C=O) groups is 1. The molecule has 0 N–H and O–H groups in total. The fraction of sp³-hybridized carbons (Fsp3) is 0.333. The second-order valence-corrected chi connectivity index (χ2v) is 7.03. The average Bonchev–Trinajstić information content (AvgIpc) is 2.66. The van der Waals surface area contributed by atoms with Gasteiger partial charge in [-0.1, -0.05) is 48.8 Å². The van der Waals surface area contributed by atoms with Crippen molar-refractivity contribution < 1.29 is 9.53 Å². The van der Waals surface area contributed by atoms with Crippen molar-refractivity contribution in [2.75, 3.05) is 0 Å². The Morgan fingerprint density at radius 3 is 2.36 bits per heavy atom. The minimum atomic E-state index is -0.397. The number of hydrogen-bond donors (Lipinski definition) is 0. The lowest BCUT2D eigenvalue weighted by Crippen LogP contribution is -2.06. The Hall–Kier alpha value is -1.17. The summed E-state index contributed by atoms with van der Waals surface area (Å²) in [5, 5.41) is 2.04. The van der Waals surface area contributed by atoms with Gasteiger partial charge in [0, 0.05) is 28.9 Å². The quantitative estimate of drug-likeness (QED) is 0.727. The van der Waals surface area contributed by atoms with E-state index < -0.39 is 5.97 Å². The van der Waals surface area contributed by atoms with E-state index in [2.05, 4.69) is 4.98 Å². The number of ether oxygens (including phenoxy) is 1. The molecule has 22 heavy (non-hydrogen) atoms. The first-order chi connectivity index (χ1) is 10.3. The molecule has 7 heteroatoms. The van der Waals surface area contributed by atoms with E-state index in [9.17, 15) is 4.79 Å². The standard InChI is InChI=1S/C15H16Cl2N2O2S/c1-8(2)13-14(19(4)15(18-13)21-9(3)20)22-12-6-10(16)5-11(17)7-12/h5-8H,1-4H3. The number of halogens is 2. The number of esters is 1. The average molecular weight is 359 g/mol. The van der Waals surface area contributed by atoms with Gasteiger partial charge in [0.15, 0.2) is 0 Å². The molecule has 2 aromatic rings. The number of benzene rings is 1. The smallest absolute Gasteiger partial charge is 0.310 e. The predicted octanol–water partition coefficient (Wildman–Crippen LogP) is 4.93. The Kier molecular flexibility index (Phi) is 5.42. The second-order valence-electron chi connectivity index (χ2n) is 5.10. The second kappa shape index (κ2) is 6.94. The zero-order valence-electron chi connectivity index (χ0n) is 12.7. The maximum absolute atomic E-state index is 11.2. The molecule has 1 heterocycles. The number of nitrogens with zero attached hydrogens (tertiary/aromatic N) is 2. The van der Waals surface area contributed by atoms with E-state index in [1.54, 1.807) is 10.6 Å². The van der Waals surface area contributed by atoms with Crippen LogP contribution in [0.25, 0.3) is 0 Å². The molecule has 0 atom stereocenters. The molecule has 0 aliphatic heterocycles. The first kappa shape index (κ1) is 17.2. The fourth-order valence-electron chi connectivity index (χ4n) is 1.90. The Balaban J connectivity index is 2.44. The van der Waals surface area contributed by atoms with Crippen LogP contribution in [0.15, 0.2) is 28.1 Å². The summed E-state index contributed by atoms with van der Waals surface area (Å²) in [5.41, 5.74) is 0.861. The van der Waals surface area contributed by atoms with E-state index in [0.29, 0.717) is 10.0 Å². The van der Waals surface area contributed by atoms with Crippen LogP contribution in [-0.4, -0.2) is 15.5 Å². The highest BCUT2D eigenvalue weighted by molar-refractivity contribution is 7.99. The molecule has 4 nitrogen and oxygen atoms in total. The topological polar surface area (TPSA) is 44.1 Å². The predicted molar refractivity (Wildman–Crippen MR) is 89.2 cm³/mol. The third-order valence-corrected chi connectivity index (χ3v) is 4.44. The van der Waals surface area contributed by atoms with Gasteiger partial charge in [-0.05, 0) is 24.1 Å². The molecule has 0 unspecified atom stereocenters. The van der Waals surface area contributed by atoms with Crippen LogP contribution < -0.4 is 4.74 Å². The molecule has 118 valence electrons. The molecule has 0 aliphatic rings. The van der Waals surface area contributed by atoms with Gasteiger partial charge in [0.1, 0.15) is 5.03 Å². The summed E-state index contributed by atoms with van der Waals surface area (Å²) in [6.45, 7) is 5.43. The highest BCUT2D eigenvalue weighted by atomic mass is 35.5. The van der Waals surface area contributed by atoms with Gasteiger partial charge >= 0.3 is 12.0 Å². The zero-order chi connectivity index (χ0) is 16.4. The number of carbonyl (C=O) groups excluding carboxylic acids is 1. The maximum Gasteiger partial charge on any atom is 0.310 e. The summed E-state index contributed by atoms with van der Waals surface area (Å²) < 4.78 is 6.91. The van der Waals surface area contributed by atoms with Crippen LogP contribution in [0.5, 0.6) is 6.01 Å². The van der Waals surface area contributed by atoms with E-state index in [1.165, 1.54) is 18.7 Å². The highest BCUT2D eigenvalue weighted by Gasteiger charge is 2.20. The summed E-state index contributed by atoms with van der Waals surface area (Å²) in [4.78, 5) is 16.5. The number of imidazole rings is 1. The van der Waals surface area contributed by atoms with Crippen LogP contribution in [0.4, 0.5) is 0 Å². The molecule has 0 fully saturated rings. The van der Waals surface area contributed by atoms with Crippen LogP contribution in [0.2, 0.25) is 10.0 Å². The Labute approximate surface area is 143 Å². The molecule has 1 aromatic carbocycles. The monoisotopic (exact) mass is 358 g/mol. The largest absolute Gasteiger partial charge is 0.392 e. The van der Waals surface area contributed by atoms with E-state index in [0.717, 1.165) is 15.6 Å². The molecule has 0 aliphatic carbocycles. The Morgan fingerprint density at radius 2 is 1.86 bits per heavy atom. The molecule has 0 radical (unpaired) electrons. The Morgan fingerprint density at radius 1 is 1.27 bits per heavy atom. The van der Waals surface area contributed by atoms with E-state index >= 15 is 0 Å². The van der Waals surface area contributed by atoms with Crippen molar-refractivity contribution in [1.82, 2.24) is 9.55 Å². The molecule has 0 saturated heterocycles. The van der Waals surface area contributed by atoms with Crippen molar-refractivity contribution in [3.05, 3.63) is 33.9 Å². The lowest BCUT2D eigenvalue weighted by molar-refractivity contribution is -0.132. The third kappa shape index (κ3) is 3.97. The van der Waals surface area contributed by atoms with E-state index in [1.807, 2.05) is 33.0 Å². The van der Waals surface area contributed by atoms with Gasteiger partial charge in [-0.2, -0.15) is 4.98 Å². The summed E-state index contributed by atoms with van der Waals surface area (Å²) in [5.74, 6) is -0.210. The van der Waals surface area contributed by atoms with Gasteiger partial charge in [-0.15, -0.1) is 0 Å². The fourth-order valence-corrected chi connectivity index (χ4v) is 3.75. The lowest BCUT2D eigenvalue weighted by atomic mass is 10.2. The van der Waals surface area contributed by atoms with Crippen molar-refractivity contribution in [3.63, 3.8) is 0 Å². The van der Waals surface area contributed by atoms with Crippen molar-refractivity contribution in [2.24, 2.45) is 7.05 Å². The number of aromatic nitrogens is 2. The van der Waals surface area contributed by atoms with Crippen LogP contribution in [0, 0.1) is 0 Å². The van der Waals surface area contributed by atoms with Crippen molar-refractivity contribution in [3.8, 4) is 6.01 Å². The summed E-state index contributed by atoms with van der Waals surface area (Å²) in [6, 6.07) is 5.64. The van der Waals surface area contributed by atoms with E-state index in [-0.39, 0.29) is 11.9 Å². The summed E-state index contributed by atoms with van der Waals surface area (Å²) in [7, 11) is 1.81. The lowest BCUT2D eigenvalue weighted by Gasteiger charge is -2.09. The molecule has 1 aromatic heterocycles. The van der Waals surface area contributed by atoms with Gasteiger partial charge < -0.3 is 4.74 Å². The molecular weight excluding hydrogens is 343 g/mol. The molecule has 0 amide bonds. The van der Waals surface area contributed by atoms with Crippen LogP contribution >= 0.6 is 35.0 Å². The van der Waals surface area contributed by atoms with Gasteiger partial charge in [0.05, 0.1) is 5.69 Å². The first-order valence-electron chi connectivity index (χ1n) is 6.67. The first-order valence-corrected chi connectivity index (χ1v) is 8.24. The van der Waals surface area contributed by atoms with E-state index in [4.69, 9.17) is 27.9 Å². The summed E-state index contributed by atoms with van der Waals surface area (Å²) >= 11 is 13.6. The van der Waals surface area contributed by atoms with Crippen molar-refractivity contribution >= 4 is 40.9 Å². The minimum absolute atomic E-state index is 0.188. The molecule has 2 rings (SSSR count). The molecule has 0 saturated carbocycles. The molecule has 0 spiro atoms. The van der Waals surface area contributed by atoms with Gasteiger partial charge in [-0.25, -0.2) is 0 Å². The third-order valence-electron chi connectivity index (χ3n) is 2.86.